The van der Waals surface area contributed by atoms with Crippen molar-refractivity contribution in [2.75, 3.05) is 18.4 Å². The van der Waals surface area contributed by atoms with Gasteiger partial charge in [-0.2, -0.15) is 0 Å². The summed E-state index contributed by atoms with van der Waals surface area (Å²) in [4.78, 5) is 35.9. The fourth-order valence-electron chi connectivity index (χ4n) is 3.23. The molecule has 34 heavy (non-hydrogen) atoms. The van der Waals surface area contributed by atoms with Gasteiger partial charge < -0.3 is 21.7 Å². The molecule has 0 aromatic heterocycles. The van der Waals surface area contributed by atoms with Gasteiger partial charge in [0.05, 0.1) is 6.54 Å². The van der Waals surface area contributed by atoms with Crippen LogP contribution in [-0.2, 0) is 16.1 Å². The molecule has 3 rings (SSSR count). The molecule has 9 heteroatoms. The van der Waals surface area contributed by atoms with Gasteiger partial charge in [0.15, 0.2) is 0 Å². The van der Waals surface area contributed by atoms with Crippen molar-refractivity contribution in [2.45, 2.75) is 12.6 Å². The zero-order valence-electron chi connectivity index (χ0n) is 18.5. The Morgan fingerprint density at radius 2 is 1.47 bits per heavy atom. The highest BCUT2D eigenvalue weighted by Gasteiger charge is 2.19. The molecule has 0 fully saturated rings. The monoisotopic (exact) mass is 461 g/mol. The summed E-state index contributed by atoms with van der Waals surface area (Å²) in [6, 6.07) is 23.0. The number of hydroxylamine groups is 1. The number of nitrogens with one attached hydrogen (secondary N) is 4. The fraction of sp³-hybridized carbons (Fsp3) is 0.160. The second-order valence-electron chi connectivity index (χ2n) is 7.53. The normalized spacial score (nSPS) is 11.4. The van der Waals surface area contributed by atoms with Crippen molar-refractivity contribution in [1.82, 2.24) is 16.1 Å². The SMILES string of the molecule is NC[C@H](NC(=O)c1ccc(-c2ccc(NC(=O)CNCc3ccccc3)cc2)cc1)C(=O)NO. The van der Waals surface area contributed by atoms with Gasteiger partial charge in [-0.3, -0.25) is 19.6 Å². The topological polar surface area (TPSA) is 146 Å². The van der Waals surface area contributed by atoms with Gasteiger partial charge in [0.25, 0.3) is 11.8 Å². The second-order valence-corrected chi connectivity index (χ2v) is 7.53. The van der Waals surface area contributed by atoms with E-state index in [0.29, 0.717) is 17.8 Å². The van der Waals surface area contributed by atoms with E-state index in [9.17, 15) is 14.4 Å². The van der Waals surface area contributed by atoms with Crippen molar-refractivity contribution in [3.8, 4) is 11.1 Å². The lowest BCUT2D eigenvalue weighted by molar-refractivity contribution is -0.130. The average Bonchev–Trinajstić information content (AvgIpc) is 2.88. The Balaban J connectivity index is 1.52. The van der Waals surface area contributed by atoms with Crippen LogP contribution in [0.2, 0.25) is 0 Å². The van der Waals surface area contributed by atoms with Crippen LogP contribution < -0.4 is 27.2 Å². The number of carbonyl (C=O) groups excluding carboxylic acids is 3. The lowest BCUT2D eigenvalue weighted by Crippen LogP contribution is -2.50. The summed E-state index contributed by atoms with van der Waals surface area (Å²) in [5.41, 5.74) is 10.8. The van der Waals surface area contributed by atoms with E-state index in [1.165, 1.54) is 5.48 Å². The first-order valence-corrected chi connectivity index (χ1v) is 10.7. The Kier molecular flexibility index (Phi) is 8.87. The van der Waals surface area contributed by atoms with Crippen molar-refractivity contribution in [3.05, 3.63) is 90.0 Å². The minimum atomic E-state index is -1.03. The van der Waals surface area contributed by atoms with Gasteiger partial charge in [0.2, 0.25) is 5.91 Å². The van der Waals surface area contributed by atoms with Gasteiger partial charge in [-0.15, -0.1) is 0 Å². The molecule has 0 unspecified atom stereocenters. The first-order chi connectivity index (χ1) is 16.5. The summed E-state index contributed by atoms with van der Waals surface area (Å²) in [5.74, 6) is -1.40. The van der Waals surface area contributed by atoms with Crippen LogP contribution in [0, 0.1) is 0 Å². The predicted molar refractivity (Wildman–Crippen MR) is 129 cm³/mol. The third kappa shape index (κ3) is 6.97. The van der Waals surface area contributed by atoms with E-state index in [0.717, 1.165) is 16.7 Å². The third-order valence-electron chi connectivity index (χ3n) is 5.07. The van der Waals surface area contributed by atoms with Crippen molar-refractivity contribution >= 4 is 23.4 Å². The summed E-state index contributed by atoms with van der Waals surface area (Å²) in [6.07, 6.45) is 0. The predicted octanol–water partition coefficient (Wildman–Crippen LogP) is 1.64. The fourth-order valence-corrected chi connectivity index (χ4v) is 3.23. The molecule has 0 aliphatic carbocycles. The molecule has 0 aliphatic heterocycles. The molecular formula is C25H27N5O4. The quantitative estimate of drug-likeness (QED) is 0.200. The highest BCUT2D eigenvalue weighted by atomic mass is 16.5. The van der Waals surface area contributed by atoms with Gasteiger partial charge in [-0.1, -0.05) is 54.6 Å². The van der Waals surface area contributed by atoms with E-state index in [2.05, 4.69) is 16.0 Å². The minimum absolute atomic E-state index is 0.135. The van der Waals surface area contributed by atoms with Crippen LogP contribution in [0.5, 0.6) is 0 Å². The molecule has 0 bridgehead atoms. The highest BCUT2D eigenvalue weighted by Crippen LogP contribution is 2.22. The molecule has 0 aliphatic rings. The first-order valence-electron chi connectivity index (χ1n) is 10.7. The standard InChI is InChI=1S/C25H27N5O4/c26-14-22(25(33)30-34)29-24(32)20-8-6-18(7-9-20)19-10-12-21(13-11-19)28-23(31)16-27-15-17-4-2-1-3-5-17/h1-13,22,27,34H,14-16,26H2,(H,28,31)(H,29,32)(H,30,33)/t22-/m0/s1. The molecule has 0 radical (unpaired) electrons. The number of anilines is 1. The van der Waals surface area contributed by atoms with Crippen LogP contribution in [0.4, 0.5) is 5.69 Å². The molecule has 176 valence electrons. The lowest BCUT2D eigenvalue weighted by atomic mass is 10.0. The Bertz CT molecular complexity index is 1100. The zero-order valence-corrected chi connectivity index (χ0v) is 18.5. The van der Waals surface area contributed by atoms with E-state index in [1.54, 1.807) is 24.3 Å². The van der Waals surface area contributed by atoms with Gasteiger partial charge in [-0.05, 0) is 41.0 Å². The molecule has 3 amide bonds. The van der Waals surface area contributed by atoms with Crippen molar-refractivity contribution in [2.24, 2.45) is 5.73 Å². The number of rotatable bonds is 10. The van der Waals surface area contributed by atoms with Crippen LogP contribution >= 0.6 is 0 Å². The number of hydrogen-bond donors (Lipinski definition) is 6. The summed E-state index contributed by atoms with van der Waals surface area (Å²) >= 11 is 0. The van der Waals surface area contributed by atoms with E-state index in [1.807, 2.05) is 54.6 Å². The van der Waals surface area contributed by atoms with Crippen LogP contribution in [0.3, 0.4) is 0 Å². The Labute approximate surface area is 197 Å². The van der Waals surface area contributed by atoms with Crippen molar-refractivity contribution in [3.63, 3.8) is 0 Å². The molecule has 3 aromatic carbocycles. The highest BCUT2D eigenvalue weighted by molar-refractivity contribution is 5.98. The van der Waals surface area contributed by atoms with Crippen molar-refractivity contribution < 1.29 is 19.6 Å². The molecule has 3 aromatic rings. The summed E-state index contributed by atoms with van der Waals surface area (Å²) in [7, 11) is 0. The Morgan fingerprint density at radius 3 is 2.06 bits per heavy atom. The van der Waals surface area contributed by atoms with E-state index in [4.69, 9.17) is 10.9 Å². The lowest BCUT2D eigenvalue weighted by Gasteiger charge is -2.14. The van der Waals surface area contributed by atoms with Gasteiger partial charge >= 0.3 is 0 Å². The summed E-state index contributed by atoms with van der Waals surface area (Å²) in [5, 5.41) is 17.1. The molecule has 7 N–H and O–H groups in total. The Morgan fingerprint density at radius 1 is 0.853 bits per heavy atom. The maximum atomic E-state index is 12.3. The van der Waals surface area contributed by atoms with Crippen LogP contribution in [0.25, 0.3) is 11.1 Å². The minimum Gasteiger partial charge on any atom is -0.339 e. The zero-order chi connectivity index (χ0) is 24.3. The van der Waals surface area contributed by atoms with Gasteiger partial charge in [0.1, 0.15) is 6.04 Å². The van der Waals surface area contributed by atoms with E-state index >= 15 is 0 Å². The van der Waals surface area contributed by atoms with E-state index < -0.39 is 17.9 Å². The van der Waals surface area contributed by atoms with Crippen LogP contribution in [0.1, 0.15) is 15.9 Å². The average molecular weight is 462 g/mol. The van der Waals surface area contributed by atoms with E-state index in [-0.39, 0.29) is 19.0 Å². The summed E-state index contributed by atoms with van der Waals surface area (Å²) in [6.45, 7) is 0.663. The van der Waals surface area contributed by atoms with Crippen LogP contribution in [-0.4, -0.2) is 42.1 Å². The first kappa shape index (κ1) is 24.6. The smallest absolute Gasteiger partial charge is 0.267 e. The molecule has 0 heterocycles. The molecule has 1 atom stereocenters. The van der Waals surface area contributed by atoms with Crippen molar-refractivity contribution in [1.29, 1.82) is 0 Å². The number of benzene rings is 3. The van der Waals surface area contributed by atoms with Crippen LogP contribution in [0.15, 0.2) is 78.9 Å². The Hall–Kier alpha value is -4.05. The molecule has 0 spiro atoms. The largest absolute Gasteiger partial charge is 0.339 e. The third-order valence-corrected chi connectivity index (χ3v) is 5.07. The maximum absolute atomic E-state index is 12.3. The molecule has 0 saturated carbocycles. The molecule has 0 saturated heterocycles. The summed E-state index contributed by atoms with van der Waals surface area (Å²) < 4.78 is 0. The van der Waals surface area contributed by atoms with Gasteiger partial charge in [0, 0.05) is 24.3 Å². The maximum Gasteiger partial charge on any atom is 0.267 e. The number of amides is 3. The number of carbonyl (C=O) groups is 3. The number of hydrogen-bond acceptors (Lipinski definition) is 6. The van der Waals surface area contributed by atoms with Gasteiger partial charge in [-0.25, -0.2) is 5.48 Å². The number of nitrogens with two attached hydrogens (primary N) is 1. The molecule has 9 nitrogen and oxygen atoms in total. The molecular weight excluding hydrogens is 434 g/mol. The second kappa shape index (κ2) is 12.3.